The number of amides is 1. The number of nitrogen functional groups attached to an aromatic ring is 1. The lowest BCUT2D eigenvalue weighted by Gasteiger charge is -2.17. The quantitative estimate of drug-likeness (QED) is 0.207. The van der Waals surface area contributed by atoms with Crippen LogP contribution in [0.15, 0.2) is 64.1 Å². The number of nitrogens with one attached hydrogen (secondary N) is 2. The largest absolute Gasteiger partial charge is 0.438 e. The summed E-state index contributed by atoms with van der Waals surface area (Å²) in [4.78, 5) is 40.9. The second kappa shape index (κ2) is 11.1. The first-order chi connectivity index (χ1) is 19.9. The molecule has 0 bridgehead atoms. The van der Waals surface area contributed by atoms with Gasteiger partial charge in [0.05, 0.1) is 25.0 Å². The van der Waals surface area contributed by atoms with E-state index in [1.54, 1.807) is 6.20 Å². The lowest BCUT2D eigenvalue weighted by Crippen LogP contribution is -2.36. The standard InChI is InChI=1S/C29H29N7O4S/c1-2-19-26(16-6-4-3-5-7-16)40-28(35-19)21(15-37)34-20-14-32-25-9-8-22(36(25)29(20)39)27(38)33-13-18-10-17-12-31-24(30)11-23(17)41-18/h3-7,10-12,14,21-22,34,37H,2,8-9,13,15H2,1H3,(H2,30,31)(H,33,38). The van der Waals surface area contributed by atoms with Crippen LogP contribution in [-0.2, 0) is 24.2 Å². The van der Waals surface area contributed by atoms with E-state index in [0.717, 1.165) is 26.2 Å². The minimum atomic E-state index is -0.781. The number of nitrogens with two attached hydrogens (primary N) is 1. The highest BCUT2D eigenvalue weighted by atomic mass is 32.1. The number of rotatable bonds is 9. The first-order valence-corrected chi connectivity index (χ1v) is 14.2. The molecule has 0 saturated heterocycles. The maximum atomic E-state index is 13.6. The van der Waals surface area contributed by atoms with Crippen molar-refractivity contribution in [3.8, 4) is 11.3 Å². The molecule has 2 atom stereocenters. The number of hydrogen-bond donors (Lipinski definition) is 4. The summed E-state index contributed by atoms with van der Waals surface area (Å²) < 4.78 is 8.50. The number of hydrogen-bond acceptors (Lipinski definition) is 10. The van der Waals surface area contributed by atoms with Gasteiger partial charge in [-0.05, 0) is 25.0 Å². The number of aliphatic hydroxyl groups is 1. The third-order valence-electron chi connectivity index (χ3n) is 7.13. The van der Waals surface area contributed by atoms with Crippen molar-refractivity contribution in [1.29, 1.82) is 0 Å². The Hall–Kier alpha value is -4.55. The molecule has 11 nitrogen and oxygen atoms in total. The van der Waals surface area contributed by atoms with Crippen LogP contribution in [0.5, 0.6) is 0 Å². The van der Waals surface area contributed by atoms with E-state index < -0.39 is 12.1 Å². The Morgan fingerprint density at radius 2 is 2.07 bits per heavy atom. The number of aliphatic hydroxyl groups excluding tert-OH is 1. The Bertz CT molecular complexity index is 1780. The van der Waals surface area contributed by atoms with Gasteiger partial charge in [-0.1, -0.05) is 37.3 Å². The van der Waals surface area contributed by atoms with Crippen molar-refractivity contribution in [2.45, 2.75) is 44.8 Å². The van der Waals surface area contributed by atoms with Crippen LogP contribution in [0.4, 0.5) is 11.5 Å². The van der Waals surface area contributed by atoms with Gasteiger partial charge in [0, 0.05) is 33.1 Å². The zero-order chi connectivity index (χ0) is 28.5. The number of thiophene rings is 1. The molecule has 1 aliphatic rings. The van der Waals surface area contributed by atoms with Crippen molar-refractivity contribution in [3.05, 3.63) is 87.5 Å². The summed E-state index contributed by atoms with van der Waals surface area (Å²) in [5.41, 5.74) is 7.18. The lowest BCUT2D eigenvalue weighted by atomic mass is 10.1. The highest BCUT2D eigenvalue weighted by molar-refractivity contribution is 7.19. The molecule has 12 heteroatoms. The third kappa shape index (κ3) is 5.19. The van der Waals surface area contributed by atoms with Crippen LogP contribution in [0.3, 0.4) is 0 Å². The minimum Gasteiger partial charge on any atom is -0.438 e. The highest BCUT2D eigenvalue weighted by Gasteiger charge is 2.32. The van der Waals surface area contributed by atoms with Crippen LogP contribution in [0.2, 0.25) is 0 Å². The number of oxazole rings is 1. The van der Waals surface area contributed by atoms with Crippen molar-refractivity contribution >= 4 is 38.8 Å². The molecule has 4 aromatic heterocycles. The number of anilines is 2. The van der Waals surface area contributed by atoms with E-state index in [0.29, 0.717) is 43.2 Å². The first-order valence-electron chi connectivity index (χ1n) is 13.4. The zero-order valence-corrected chi connectivity index (χ0v) is 23.1. The van der Waals surface area contributed by atoms with Gasteiger partial charge < -0.3 is 25.9 Å². The van der Waals surface area contributed by atoms with Crippen molar-refractivity contribution in [2.24, 2.45) is 0 Å². The van der Waals surface area contributed by atoms with E-state index in [1.165, 1.54) is 22.1 Å². The topological polar surface area (TPSA) is 161 Å². The van der Waals surface area contributed by atoms with Gasteiger partial charge in [-0.15, -0.1) is 11.3 Å². The molecular weight excluding hydrogens is 542 g/mol. The monoisotopic (exact) mass is 571 g/mol. The number of carbonyl (C=O) groups is 1. The molecule has 0 spiro atoms. The number of fused-ring (bicyclic) bond motifs is 2. The molecule has 1 amide bonds. The normalized spacial score (nSPS) is 15.1. The Morgan fingerprint density at radius 1 is 1.24 bits per heavy atom. The average molecular weight is 572 g/mol. The lowest BCUT2D eigenvalue weighted by molar-refractivity contribution is -0.124. The average Bonchev–Trinajstić information content (AvgIpc) is 3.72. The molecule has 41 heavy (non-hydrogen) atoms. The maximum absolute atomic E-state index is 13.6. The summed E-state index contributed by atoms with van der Waals surface area (Å²) in [7, 11) is 0. The smallest absolute Gasteiger partial charge is 0.277 e. The molecule has 0 aliphatic carbocycles. The fourth-order valence-electron chi connectivity index (χ4n) is 5.08. The molecule has 5 aromatic rings. The fraction of sp³-hybridized carbons (Fsp3) is 0.276. The minimum absolute atomic E-state index is 0.152. The van der Waals surface area contributed by atoms with Crippen molar-refractivity contribution in [2.75, 3.05) is 17.7 Å². The molecule has 5 N–H and O–H groups in total. The summed E-state index contributed by atoms with van der Waals surface area (Å²) in [6.07, 6.45) is 4.76. The molecule has 2 unspecified atom stereocenters. The van der Waals surface area contributed by atoms with Gasteiger partial charge in [-0.2, -0.15) is 0 Å². The molecule has 0 fully saturated rings. The molecule has 0 saturated carbocycles. The van der Waals surface area contributed by atoms with Crippen LogP contribution in [0.25, 0.3) is 21.4 Å². The van der Waals surface area contributed by atoms with Gasteiger partial charge in [-0.3, -0.25) is 14.2 Å². The van der Waals surface area contributed by atoms with Crippen LogP contribution in [-0.4, -0.2) is 37.1 Å². The Balaban J connectivity index is 1.21. The van der Waals surface area contributed by atoms with Gasteiger partial charge in [-0.25, -0.2) is 15.0 Å². The molecule has 6 rings (SSSR count). The fourth-order valence-corrected chi connectivity index (χ4v) is 6.10. The summed E-state index contributed by atoms with van der Waals surface area (Å²) in [5.74, 6) is 1.62. The zero-order valence-electron chi connectivity index (χ0n) is 22.3. The highest BCUT2D eigenvalue weighted by Crippen LogP contribution is 2.30. The number of nitrogens with zero attached hydrogens (tertiary/aromatic N) is 4. The second-order valence-corrected chi connectivity index (χ2v) is 11.0. The van der Waals surface area contributed by atoms with E-state index in [4.69, 9.17) is 10.2 Å². The molecular formula is C29H29N7O4S. The number of aryl methyl sites for hydroxylation is 2. The SMILES string of the molecule is CCc1nc(C(CO)Nc2cnc3n(c2=O)C(C(=O)NCc2cc4cnc(N)cc4s2)CC3)oc1-c1ccccc1. The molecule has 0 radical (unpaired) electrons. The maximum Gasteiger partial charge on any atom is 0.277 e. The predicted octanol–water partition coefficient (Wildman–Crippen LogP) is 3.60. The van der Waals surface area contributed by atoms with Gasteiger partial charge in [0.25, 0.3) is 5.56 Å². The van der Waals surface area contributed by atoms with Gasteiger partial charge in [0.15, 0.2) is 5.76 Å². The molecule has 1 aromatic carbocycles. The van der Waals surface area contributed by atoms with Crippen LogP contribution in [0.1, 0.15) is 47.7 Å². The number of pyridine rings is 1. The summed E-state index contributed by atoms with van der Waals surface area (Å²) in [6.45, 7) is 1.94. The molecule has 5 heterocycles. The van der Waals surface area contributed by atoms with Crippen molar-refractivity contribution in [1.82, 2.24) is 24.8 Å². The Kier molecular flexibility index (Phi) is 7.25. The van der Waals surface area contributed by atoms with E-state index in [-0.39, 0.29) is 29.7 Å². The Morgan fingerprint density at radius 3 is 2.85 bits per heavy atom. The van der Waals surface area contributed by atoms with Crippen LogP contribution >= 0.6 is 11.3 Å². The predicted molar refractivity (Wildman–Crippen MR) is 157 cm³/mol. The van der Waals surface area contributed by atoms with Gasteiger partial charge in [0.2, 0.25) is 11.8 Å². The van der Waals surface area contributed by atoms with E-state index in [1.807, 2.05) is 49.4 Å². The third-order valence-corrected chi connectivity index (χ3v) is 8.23. The summed E-state index contributed by atoms with van der Waals surface area (Å²) >= 11 is 1.53. The van der Waals surface area contributed by atoms with Crippen molar-refractivity contribution in [3.63, 3.8) is 0 Å². The molecule has 1 aliphatic heterocycles. The van der Waals surface area contributed by atoms with Crippen LogP contribution in [0, 0.1) is 0 Å². The first kappa shape index (κ1) is 26.7. The van der Waals surface area contributed by atoms with Gasteiger partial charge >= 0.3 is 0 Å². The van der Waals surface area contributed by atoms with Gasteiger partial charge in [0.1, 0.15) is 29.4 Å². The Labute approximate surface area is 239 Å². The van der Waals surface area contributed by atoms with E-state index >= 15 is 0 Å². The second-order valence-electron chi connectivity index (χ2n) is 9.82. The summed E-state index contributed by atoms with van der Waals surface area (Å²) in [5, 5.41) is 17.2. The number of aromatic nitrogens is 4. The van der Waals surface area contributed by atoms with Crippen LogP contribution < -0.4 is 21.9 Å². The van der Waals surface area contributed by atoms with Crippen molar-refractivity contribution < 1.29 is 14.3 Å². The van der Waals surface area contributed by atoms with E-state index in [2.05, 4.69) is 25.6 Å². The number of carbonyl (C=O) groups excluding carboxylic acids is 1. The summed E-state index contributed by atoms with van der Waals surface area (Å²) in [6, 6.07) is 11.9. The van der Waals surface area contributed by atoms with E-state index in [9.17, 15) is 14.7 Å². The number of benzene rings is 1. The molecule has 210 valence electrons.